The number of benzene rings is 1. The number of anilines is 1. The second-order valence-electron chi connectivity index (χ2n) is 7.04. The van der Waals surface area contributed by atoms with Crippen LogP contribution in [0.4, 0.5) is 5.82 Å². The topological polar surface area (TPSA) is 61.8 Å². The lowest BCUT2D eigenvalue weighted by atomic mass is 10.1. The van der Waals surface area contributed by atoms with E-state index in [0.29, 0.717) is 19.7 Å². The molecule has 0 atom stereocenters. The second kappa shape index (κ2) is 9.97. The quantitative estimate of drug-likeness (QED) is 0.569. The number of aryl methyl sites for hydroxylation is 1. The molecule has 1 saturated heterocycles. The van der Waals surface area contributed by atoms with E-state index in [2.05, 4.69) is 56.7 Å². The number of hydrogen-bond acceptors (Lipinski definition) is 4. The van der Waals surface area contributed by atoms with Crippen molar-refractivity contribution in [2.24, 2.45) is 4.99 Å². The molecule has 1 aliphatic heterocycles. The number of nitrogens with zero attached hydrogens (tertiary/aromatic N) is 3. The average molecular weight is 382 g/mol. The third-order valence-corrected chi connectivity index (χ3v) is 4.89. The summed E-state index contributed by atoms with van der Waals surface area (Å²) >= 11 is 0. The Labute approximate surface area is 168 Å². The molecule has 6 heteroatoms. The molecule has 0 aliphatic carbocycles. The summed E-state index contributed by atoms with van der Waals surface area (Å²) in [6.45, 7) is 8.30. The highest BCUT2D eigenvalue weighted by Gasteiger charge is 2.13. The maximum absolute atomic E-state index is 5.76. The van der Waals surface area contributed by atoms with Gasteiger partial charge in [-0.15, -0.1) is 0 Å². The molecule has 0 unspecified atom stereocenters. The first-order valence-electron chi connectivity index (χ1n) is 10.1. The number of rotatable bonds is 7. The van der Waals surface area contributed by atoms with E-state index in [1.807, 2.05) is 19.2 Å². The first-order valence-corrected chi connectivity index (χ1v) is 10.1. The Bertz CT molecular complexity index is 799. The second-order valence-corrected chi connectivity index (χ2v) is 7.04. The van der Waals surface area contributed by atoms with Crippen molar-refractivity contribution >= 4 is 11.8 Å². The molecule has 0 radical (unpaired) electrons. The van der Waals surface area contributed by atoms with Crippen molar-refractivity contribution in [3.8, 4) is 5.75 Å². The molecule has 150 valence electrons. The lowest BCUT2D eigenvalue weighted by molar-refractivity contribution is 0.336. The van der Waals surface area contributed by atoms with Gasteiger partial charge >= 0.3 is 0 Å². The third-order valence-electron chi connectivity index (χ3n) is 4.89. The van der Waals surface area contributed by atoms with Gasteiger partial charge in [-0.05, 0) is 56.0 Å². The number of guanidine groups is 1. The number of aliphatic imine (C=N–C) groups is 1. The summed E-state index contributed by atoms with van der Waals surface area (Å²) in [4.78, 5) is 11.2. The molecule has 1 aromatic carbocycles. The van der Waals surface area contributed by atoms with Crippen molar-refractivity contribution in [1.29, 1.82) is 0 Å². The molecule has 0 spiro atoms. The molecule has 3 rings (SSSR count). The van der Waals surface area contributed by atoms with Crippen LogP contribution in [0, 0.1) is 6.92 Å². The first kappa shape index (κ1) is 20.0. The Morgan fingerprint density at radius 2 is 1.93 bits per heavy atom. The third kappa shape index (κ3) is 5.38. The highest BCUT2D eigenvalue weighted by atomic mass is 16.5. The van der Waals surface area contributed by atoms with Crippen LogP contribution in [0.5, 0.6) is 5.75 Å². The van der Waals surface area contributed by atoms with Gasteiger partial charge in [0.2, 0.25) is 0 Å². The lowest BCUT2D eigenvalue weighted by Gasteiger charge is -2.18. The summed E-state index contributed by atoms with van der Waals surface area (Å²) in [5, 5.41) is 6.77. The monoisotopic (exact) mass is 381 g/mol. The minimum atomic E-state index is 0.657. The maximum Gasteiger partial charge on any atom is 0.191 e. The van der Waals surface area contributed by atoms with E-state index >= 15 is 0 Å². The Morgan fingerprint density at radius 1 is 1.14 bits per heavy atom. The number of ether oxygens (including phenoxy) is 1. The molecule has 1 aliphatic rings. The summed E-state index contributed by atoms with van der Waals surface area (Å²) in [5.74, 6) is 2.76. The fourth-order valence-corrected chi connectivity index (χ4v) is 3.37. The number of aromatic nitrogens is 1. The SMILES string of the molecule is CCOc1cc(C)ccc1CNC(=NC)NCc1ccnc(N2CCCC2)c1. The highest BCUT2D eigenvalue weighted by molar-refractivity contribution is 5.79. The minimum Gasteiger partial charge on any atom is -0.494 e. The molecule has 2 aromatic rings. The fraction of sp³-hybridized carbons (Fsp3) is 0.455. The smallest absolute Gasteiger partial charge is 0.191 e. The van der Waals surface area contributed by atoms with Gasteiger partial charge in [-0.1, -0.05) is 12.1 Å². The average Bonchev–Trinajstić information content (AvgIpc) is 3.25. The number of hydrogen-bond donors (Lipinski definition) is 2. The van der Waals surface area contributed by atoms with Crippen LogP contribution in [-0.2, 0) is 13.1 Å². The zero-order chi connectivity index (χ0) is 19.8. The molecule has 28 heavy (non-hydrogen) atoms. The van der Waals surface area contributed by atoms with Crippen LogP contribution in [0.3, 0.4) is 0 Å². The zero-order valence-electron chi connectivity index (χ0n) is 17.2. The van der Waals surface area contributed by atoms with Gasteiger partial charge in [0.25, 0.3) is 0 Å². The molecule has 2 heterocycles. The van der Waals surface area contributed by atoms with E-state index < -0.39 is 0 Å². The van der Waals surface area contributed by atoms with Crippen molar-refractivity contribution in [2.45, 2.75) is 39.8 Å². The van der Waals surface area contributed by atoms with Gasteiger partial charge in [-0.25, -0.2) is 4.98 Å². The molecule has 1 aromatic heterocycles. The van der Waals surface area contributed by atoms with E-state index in [1.165, 1.54) is 24.0 Å². The van der Waals surface area contributed by atoms with E-state index in [4.69, 9.17) is 4.74 Å². The summed E-state index contributed by atoms with van der Waals surface area (Å²) < 4.78 is 5.76. The summed E-state index contributed by atoms with van der Waals surface area (Å²) in [5.41, 5.74) is 3.52. The van der Waals surface area contributed by atoms with Crippen LogP contribution in [0.1, 0.15) is 36.5 Å². The molecule has 0 saturated carbocycles. The minimum absolute atomic E-state index is 0.657. The Kier molecular flexibility index (Phi) is 7.12. The van der Waals surface area contributed by atoms with Gasteiger partial charge in [0.05, 0.1) is 6.61 Å². The van der Waals surface area contributed by atoms with Crippen LogP contribution in [0.25, 0.3) is 0 Å². The molecule has 1 fully saturated rings. The van der Waals surface area contributed by atoms with Crippen LogP contribution in [0.2, 0.25) is 0 Å². The summed E-state index contributed by atoms with van der Waals surface area (Å²) in [6, 6.07) is 10.5. The molecule has 6 nitrogen and oxygen atoms in total. The van der Waals surface area contributed by atoms with Gasteiger partial charge in [0.15, 0.2) is 5.96 Å². The van der Waals surface area contributed by atoms with Gasteiger partial charge in [-0.2, -0.15) is 0 Å². The predicted octanol–water partition coefficient (Wildman–Crippen LogP) is 3.25. The van der Waals surface area contributed by atoms with E-state index in [1.54, 1.807) is 7.05 Å². The van der Waals surface area contributed by atoms with Crippen molar-refractivity contribution in [1.82, 2.24) is 15.6 Å². The standard InChI is InChI=1S/C22H31N5O/c1-4-28-20-13-17(2)7-8-19(20)16-26-22(23-3)25-15-18-9-10-24-21(14-18)27-11-5-6-12-27/h7-10,13-14H,4-6,11-12,15-16H2,1-3H3,(H2,23,25,26). The summed E-state index contributed by atoms with van der Waals surface area (Å²) in [7, 11) is 1.79. The predicted molar refractivity (Wildman–Crippen MR) is 115 cm³/mol. The van der Waals surface area contributed by atoms with E-state index in [9.17, 15) is 0 Å². The molecular formula is C22H31N5O. The largest absolute Gasteiger partial charge is 0.494 e. The van der Waals surface area contributed by atoms with E-state index in [0.717, 1.165) is 36.2 Å². The van der Waals surface area contributed by atoms with Gasteiger partial charge in [0, 0.05) is 45.0 Å². The van der Waals surface area contributed by atoms with Crippen LogP contribution in [0.15, 0.2) is 41.5 Å². The van der Waals surface area contributed by atoms with Crippen LogP contribution in [-0.4, -0.2) is 37.7 Å². The van der Waals surface area contributed by atoms with Crippen molar-refractivity contribution < 1.29 is 4.74 Å². The molecular weight excluding hydrogens is 350 g/mol. The number of pyridine rings is 1. The number of nitrogens with one attached hydrogen (secondary N) is 2. The fourth-order valence-electron chi connectivity index (χ4n) is 3.37. The van der Waals surface area contributed by atoms with Crippen LogP contribution >= 0.6 is 0 Å². The molecule has 0 amide bonds. The normalized spacial score (nSPS) is 14.2. The Morgan fingerprint density at radius 3 is 2.68 bits per heavy atom. The molecule has 2 N–H and O–H groups in total. The van der Waals surface area contributed by atoms with Crippen molar-refractivity contribution in [3.63, 3.8) is 0 Å². The van der Waals surface area contributed by atoms with Crippen LogP contribution < -0.4 is 20.3 Å². The van der Waals surface area contributed by atoms with Gasteiger partial charge in [-0.3, -0.25) is 4.99 Å². The van der Waals surface area contributed by atoms with Crippen molar-refractivity contribution in [3.05, 3.63) is 53.2 Å². The first-order chi connectivity index (χ1) is 13.7. The Balaban J connectivity index is 1.56. The Hall–Kier alpha value is -2.76. The highest BCUT2D eigenvalue weighted by Crippen LogP contribution is 2.20. The van der Waals surface area contributed by atoms with Gasteiger partial charge in [0.1, 0.15) is 11.6 Å². The maximum atomic E-state index is 5.76. The lowest BCUT2D eigenvalue weighted by Crippen LogP contribution is -2.36. The van der Waals surface area contributed by atoms with Gasteiger partial charge < -0.3 is 20.3 Å². The zero-order valence-corrected chi connectivity index (χ0v) is 17.2. The summed E-state index contributed by atoms with van der Waals surface area (Å²) in [6.07, 6.45) is 4.40. The van der Waals surface area contributed by atoms with Crippen molar-refractivity contribution in [2.75, 3.05) is 31.6 Å². The molecule has 0 bridgehead atoms. The van der Waals surface area contributed by atoms with E-state index in [-0.39, 0.29) is 0 Å².